The molecule has 2 unspecified atom stereocenters. The fourth-order valence-corrected chi connectivity index (χ4v) is 5.55. The molecule has 0 saturated carbocycles. The van der Waals surface area contributed by atoms with Gasteiger partial charge in [0.15, 0.2) is 0 Å². The highest BCUT2D eigenvalue weighted by atomic mass is 32.1. The van der Waals surface area contributed by atoms with Crippen LogP contribution in [0.3, 0.4) is 0 Å². The summed E-state index contributed by atoms with van der Waals surface area (Å²) in [6.45, 7) is 9.08. The Kier molecular flexibility index (Phi) is 8.43. The summed E-state index contributed by atoms with van der Waals surface area (Å²) >= 11 is 1.72. The van der Waals surface area contributed by atoms with Gasteiger partial charge in [-0.15, -0.1) is 0 Å². The third-order valence-electron chi connectivity index (χ3n) is 6.90. The van der Waals surface area contributed by atoms with E-state index in [-0.39, 0.29) is 11.9 Å². The van der Waals surface area contributed by atoms with E-state index in [1.54, 1.807) is 17.7 Å². The lowest BCUT2D eigenvalue weighted by atomic mass is 9.98. The van der Waals surface area contributed by atoms with Crippen molar-refractivity contribution < 1.29 is 4.79 Å². The van der Waals surface area contributed by atoms with E-state index in [1.165, 1.54) is 5.56 Å². The molecule has 2 N–H and O–H groups in total. The zero-order chi connectivity index (χ0) is 23.9. The number of benzene rings is 1. The highest BCUT2D eigenvalue weighted by Crippen LogP contribution is 2.26. The zero-order valence-electron chi connectivity index (χ0n) is 20.3. The van der Waals surface area contributed by atoms with Gasteiger partial charge < -0.3 is 15.5 Å². The monoisotopic (exact) mass is 477 g/mol. The Balaban J connectivity index is 1.25. The Morgan fingerprint density at radius 2 is 1.82 bits per heavy atom. The number of rotatable bonds is 9. The number of aromatic nitrogens is 2. The SMILES string of the molecule is Cc1cccc(C)c1C(=O)NCCC(C)N1CCC(NC(c2cncnc2)c2ccsc2)CC1. The third-order valence-corrected chi connectivity index (χ3v) is 7.60. The number of carbonyl (C=O) groups is 1. The van der Waals surface area contributed by atoms with E-state index in [0.29, 0.717) is 18.6 Å². The van der Waals surface area contributed by atoms with Crippen molar-refractivity contribution in [1.29, 1.82) is 0 Å². The number of nitrogens with one attached hydrogen (secondary N) is 2. The van der Waals surface area contributed by atoms with Crippen LogP contribution < -0.4 is 10.6 Å². The summed E-state index contributed by atoms with van der Waals surface area (Å²) in [4.78, 5) is 23.7. The van der Waals surface area contributed by atoms with Crippen LogP contribution in [0.4, 0.5) is 0 Å². The molecular formula is C27H35N5OS. The molecule has 1 fully saturated rings. The Hall–Kier alpha value is -2.61. The normalized spacial score (nSPS) is 16.8. The number of amides is 1. The lowest BCUT2D eigenvalue weighted by molar-refractivity contribution is 0.0943. The lowest BCUT2D eigenvalue weighted by Gasteiger charge is -2.37. The second kappa shape index (κ2) is 11.7. The first-order chi connectivity index (χ1) is 16.5. The molecule has 1 aromatic carbocycles. The minimum Gasteiger partial charge on any atom is -0.352 e. The van der Waals surface area contributed by atoms with Crippen molar-refractivity contribution >= 4 is 17.2 Å². The van der Waals surface area contributed by atoms with Crippen LogP contribution in [0.5, 0.6) is 0 Å². The molecule has 0 radical (unpaired) electrons. The van der Waals surface area contributed by atoms with Gasteiger partial charge in [-0.3, -0.25) is 4.79 Å². The summed E-state index contributed by atoms with van der Waals surface area (Å²) in [5, 5.41) is 11.3. The molecule has 1 aliphatic rings. The Morgan fingerprint density at radius 1 is 1.12 bits per heavy atom. The molecule has 0 bridgehead atoms. The summed E-state index contributed by atoms with van der Waals surface area (Å²) in [7, 11) is 0. The van der Waals surface area contributed by atoms with E-state index in [2.05, 4.69) is 49.3 Å². The summed E-state index contributed by atoms with van der Waals surface area (Å²) in [6, 6.07) is 9.19. The molecular weight excluding hydrogens is 442 g/mol. The summed E-state index contributed by atoms with van der Waals surface area (Å²) in [5.74, 6) is 0.0371. The van der Waals surface area contributed by atoms with Crippen LogP contribution >= 0.6 is 11.3 Å². The molecule has 180 valence electrons. The predicted molar refractivity (Wildman–Crippen MR) is 138 cm³/mol. The van der Waals surface area contributed by atoms with Gasteiger partial charge in [-0.1, -0.05) is 18.2 Å². The van der Waals surface area contributed by atoms with Crippen molar-refractivity contribution in [1.82, 2.24) is 25.5 Å². The molecule has 1 aliphatic heterocycles. The number of aryl methyl sites for hydroxylation is 2. The number of hydrogen-bond acceptors (Lipinski definition) is 6. The van der Waals surface area contributed by atoms with Crippen molar-refractivity contribution in [2.75, 3.05) is 19.6 Å². The largest absolute Gasteiger partial charge is 0.352 e. The van der Waals surface area contributed by atoms with Gasteiger partial charge in [0.2, 0.25) is 0 Å². The quantitative estimate of drug-likeness (QED) is 0.475. The second-order valence-electron chi connectivity index (χ2n) is 9.30. The van der Waals surface area contributed by atoms with Crippen LogP contribution in [0.2, 0.25) is 0 Å². The van der Waals surface area contributed by atoms with Crippen LogP contribution in [-0.4, -0.2) is 52.5 Å². The van der Waals surface area contributed by atoms with E-state index in [1.807, 2.05) is 44.4 Å². The highest BCUT2D eigenvalue weighted by molar-refractivity contribution is 7.08. The molecule has 2 aromatic heterocycles. The van der Waals surface area contributed by atoms with Gasteiger partial charge >= 0.3 is 0 Å². The van der Waals surface area contributed by atoms with Gasteiger partial charge in [0.25, 0.3) is 5.91 Å². The number of hydrogen-bond donors (Lipinski definition) is 2. The molecule has 3 aromatic rings. The summed E-state index contributed by atoms with van der Waals surface area (Å²) in [6.07, 6.45) is 8.56. The number of piperidine rings is 1. The summed E-state index contributed by atoms with van der Waals surface area (Å²) < 4.78 is 0. The van der Waals surface area contributed by atoms with Gasteiger partial charge in [0, 0.05) is 42.1 Å². The van der Waals surface area contributed by atoms with Gasteiger partial charge in [0.1, 0.15) is 6.33 Å². The van der Waals surface area contributed by atoms with Crippen molar-refractivity contribution in [2.45, 2.75) is 58.2 Å². The van der Waals surface area contributed by atoms with E-state index in [0.717, 1.165) is 54.6 Å². The maximum Gasteiger partial charge on any atom is 0.251 e. The second-order valence-corrected chi connectivity index (χ2v) is 10.1. The van der Waals surface area contributed by atoms with E-state index in [9.17, 15) is 4.79 Å². The molecule has 0 aliphatic carbocycles. The fourth-order valence-electron chi connectivity index (χ4n) is 4.86. The first-order valence-corrected chi connectivity index (χ1v) is 13.1. The smallest absolute Gasteiger partial charge is 0.251 e. The molecule has 4 rings (SSSR count). The van der Waals surface area contributed by atoms with Gasteiger partial charge in [-0.2, -0.15) is 11.3 Å². The Morgan fingerprint density at radius 3 is 2.47 bits per heavy atom. The number of nitrogens with zero attached hydrogens (tertiary/aromatic N) is 3. The molecule has 34 heavy (non-hydrogen) atoms. The zero-order valence-corrected chi connectivity index (χ0v) is 21.1. The number of likely N-dealkylation sites (tertiary alicyclic amines) is 1. The fraction of sp³-hybridized carbons (Fsp3) is 0.444. The Labute approximate surface area is 206 Å². The van der Waals surface area contributed by atoms with Gasteiger partial charge in [-0.05, 0) is 86.6 Å². The molecule has 2 atom stereocenters. The lowest BCUT2D eigenvalue weighted by Crippen LogP contribution is -2.47. The minimum absolute atomic E-state index is 0.0371. The van der Waals surface area contributed by atoms with Gasteiger partial charge in [-0.25, -0.2) is 9.97 Å². The summed E-state index contributed by atoms with van der Waals surface area (Å²) in [5.41, 5.74) is 5.25. The van der Waals surface area contributed by atoms with Gasteiger partial charge in [0.05, 0.1) is 6.04 Å². The van der Waals surface area contributed by atoms with E-state index >= 15 is 0 Å². The van der Waals surface area contributed by atoms with Crippen LogP contribution in [0, 0.1) is 13.8 Å². The van der Waals surface area contributed by atoms with Crippen molar-refractivity contribution in [3.63, 3.8) is 0 Å². The standard InChI is InChI=1S/C27H35N5OS/c1-19-5-4-6-20(2)25(19)27(33)30-11-7-21(3)32-12-8-24(9-13-32)31-26(22-10-14-34-17-22)23-15-28-18-29-16-23/h4-6,10,14-18,21,24,26,31H,7-9,11-13H2,1-3H3,(H,30,33). The predicted octanol–water partition coefficient (Wildman–Crippen LogP) is 4.51. The maximum absolute atomic E-state index is 12.7. The van der Waals surface area contributed by atoms with Crippen LogP contribution in [0.1, 0.15) is 64.8 Å². The van der Waals surface area contributed by atoms with Crippen molar-refractivity contribution in [3.8, 4) is 0 Å². The van der Waals surface area contributed by atoms with E-state index < -0.39 is 0 Å². The molecule has 3 heterocycles. The number of carbonyl (C=O) groups excluding carboxylic acids is 1. The maximum atomic E-state index is 12.7. The molecule has 6 nitrogen and oxygen atoms in total. The van der Waals surface area contributed by atoms with Crippen LogP contribution in [0.15, 0.2) is 53.7 Å². The first-order valence-electron chi connectivity index (χ1n) is 12.1. The third kappa shape index (κ3) is 6.09. The molecule has 0 spiro atoms. The molecule has 1 amide bonds. The average Bonchev–Trinajstić information content (AvgIpc) is 3.38. The Bertz CT molecular complexity index is 1030. The van der Waals surface area contributed by atoms with Crippen molar-refractivity contribution in [2.24, 2.45) is 0 Å². The van der Waals surface area contributed by atoms with Crippen LogP contribution in [-0.2, 0) is 0 Å². The minimum atomic E-state index is 0.0371. The topological polar surface area (TPSA) is 70.2 Å². The van der Waals surface area contributed by atoms with E-state index in [4.69, 9.17) is 0 Å². The average molecular weight is 478 g/mol. The molecule has 1 saturated heterocycles. The highest BCUT2D eigenvalue weighted by Gasteiger charge is 2.26. The number of thiophene rings is 1. The van der Waals surface area contributed by atoms with Crippen LogP contribution in [0.25, 0.3) is 0 Å². The van der Waals surface area contributed by atoms with Crippen molar-refractivity contribution in [3.05, 3.63) is 81.6 Å². The first kappa shape index (κ1) is 24.5. The molecule has 7 heteroatoms.